The molecule has 0 heterocycles. The topological polar surface area (TPSA) is 29.1 Å². The Hall–Kier alpha value is -1.32. The number of amides is 1. The molecule has 1 aliphatic carbocycles. The van der Waals surface area contributed by atoms with E-state index in [9.17, 15) is 4.79 Å². The quantitative estimate of drug-likeness (QED) is 0.850. The van der Waals surface area contributed by atoms with Crippen molar-refractivity contribution in [1.82, 2.24) is 5.32 Å². The van der Waals surface area contributed by atoms with Gasteiger partial charge in [-0.3, -0.25) is 4.79 Å². The van der Waals surface area contributed by atoms with Gasteiger partial charge >= 0.3 is 0 Å². The van der Waals surface area contributed by atoms with E-state index in [-0.39, 0.29) is 11.8 Å². The van der Waals surface area contributed by atoms with Crippen molar-refractivity contribution in [3.63, 3.8) is 0 Å². The SMILES string of the molecule is O=C(NCCc1ccccc1Cl)C1Cc2ccc(Br)cc2C1. The molecule has 1 N–H and O–H groups in total. The van der Waals surface area contributed by atoms with E-state index in [0.29, 0.717) is 6.54 Å². The molecule has 1 aliphatic rings. The Morgan fingerprint density at radius 3 is 2.77 bits per heavy atom. The van der Waals surface area contributed by atoms with Crippen molar-refractivity contribution in [3.05, 3.63) is 68.7 Å². The predicted octanol–water partition coefficient (Wildman–Crippen LogP) is 4.18. The van der Waals surface area contributed by atoms with Gasteiger partial charge in [0.25, 0.3) is 0 Å². The van der Waals surface area contributed by atoms with Crippen LogP contribution in [0.5, 0.6) is 0 Å². The van der Waals surface area contributed by atoms with Gasteiger partial charge in [-0.1, -0.05) is 51.8 Å². The van der Waals surface area contributed by atoms with Crippen LogP contribution in [0.2, 0.25) is 5.02 Å². The summed E-state index contributed by atoms with van der Waals surface area (Å²) in [7, 11) is 0. The Morgan fingerprint density at radius 2 is 1.95 bits per heavy atom. The van der Waals surface area contributed by atoms with E-state index in [0.717, 1.165) is 34.3 Å². The Morgan fingerprint density at radius 1 is 1.18 bits per heavy atom. The van der Waals surface area contributed by atoms with Crippen molar-refractivity contribution in [3.8, 4) is 0 Å². The summed E-state index contributed by atoms with van der Waals surface area (Å²) in [6.45, 7) is 0.624. The minimum absolute atomic E-state index is 0.0514. The summed E-state index contributed by atoms with van der Waals surface area (Å²) in [5, 5.41) is 3.80. The van der Waals surface area contributed by atoms with E-state index in [1.54, 1.807) is 0 Å². The summed E-state index contributed by atoms with van der Waals surface area (Å²) < 4.78 is 1.08. The minimum atomic E-state index is 0.0514. The summed E-state index contributed by atoms with van der Waals surface area (Å²) in [5.41, 5.74) is 3.64. The Kier molecular flexibility index (Phi) is 4.84. The smallest absolute Gasteiger partial charge is 0.223 e. The van der Waals surface area contributed by atoms with Crippen LogP contribution in [0.15, 0.2) is 46.9 Å². The molecule has 1 unspecified atom stereocenters. The van der Waals surface area contributed by atoms with Crippen molar-refractivity contribution in [2.45, 2.75) is 19.3 Å². The fourth-order valence-electron chi connectivity index (χ4n) is 2.94. The predicted molar refractivity (Wildman–Crippen MR) is 93.2 cm³/mol. The molecule has 1 amide bonds. The van der Waals surface area contributed by atoms with Crippen LogP contribution < -0.4 is 5.32 Å². The van der Waals surface area contributed by atoms with Gasteiger partial charge in [-0.15, -0.1) is 0 Å². The van der Waals surface area contributed by atoms with Crippen LogP contribution in [0.3, 0.4) is 0 Å². The highest BCUT2D eigenvalue weighted by atomic mass is 79.9. The number of hydrogen-bond donors (Lipinski definition) is 1. The van der Waals surface area contributed by atoms with Crippen molar-refractivity contribution in [1.29, 1.82) is 0 Å². The van der Waals surface area contributed by atoms with Crippen LogP contribution in [0.25, 0.3) is 0 Å². The van der Waals surface area contributed by atoms with Gasteiger partial charge in [0, 0.05) is 22.0 Å². The molecular weight excluding hydrogens is 362 g/mol. The van der Waals surface area contributed by atoms with Gasteiger partial charge in [-0.25, -0.2) is 0 Å². The lowest BCUT2D eigenvalue weighted by molar-refractivity contribution is -0.124. The number of benzene rings is 2. The molecule has 2 aromatic carbocycles. The summed E-state index contributed by atoms with van der Waals surface area (Å²) in [5.74, 6) is 0.190. The van der Waals surface area contributed by atoms with Crippen LogP contribution in [0, 0.1) is 5.92 Å². The van der Waals surface area contributed by atoms with Gasteiger partial charge in [-0.2, -0.15) is 0 Å². The molecule has 3 rings (SSSR count). The second-order valence-corrected chi connectivity index (χ2v) is 6.97. The van der Waals surface area contributed by atoms with E-state index in [2.05, 4.69) is 33.4 Å². The van der Waals surface area contributed by atoms with E-state index in [1.807, 2.05) is 30.3 Å². The third-order valence-electron chi connectivity index (χ3n) is 4.12. The first-order chi connectivity index (χ1) is 10.6. The lowest BCUT2D eigenvalue weighted by atomic mass is 10.1. The first kappa shape index (κ1) is 15.6. The first-order valence-corrected chi connectivity index (χ1v) is 8.59. The molecule has 0 saturated carbocycles. The molecule has 22 heavy (non-hydrogen) atoms. The molecule has 0 aromatic heterocycles. The first-order valence-electron chi connectivity index (χ1n) is 7.42. The van der Waals surface area contributed by atoms with Crippen molar-refractivity contribution in [2.75, 3.05) is 6.54 Å². The second kappa shape index (κ2) is 6.84. The zero-order valence-electron chi connectivity index (χ0n) is 12.1. The van der Waals surface area contributed by atoms with Gasteiger partial charge in [0.1, 0.15) is 0 Å². The molecular formula is C18H17BrClNO. The molecule has 0 radical (unpaired) electrons. The number of carbonyl (C=O) groups is 1. The number of halogens is 2. The largest absolute Gasteiger partial charge is 0.356 e. The lowest BCUT2D eigenvalue weighted by Gasteiger charge is -2.11. The molecule has 0 aliphatic heterocycles. The average molecular weight is 379 g/mol. The lowest BCUT2D eigenvalue weighted by Crippen LogP contribution is -2.32. The highest BCUT2D eigenvalue weighted by molar-refractivity contribution is 9.10. The third kappa shape index (κ3) is 3.53. The number of fused-ring (bicyclic) bond motifs is 1. The number of nitrogens with one attached hydrogen (secondary N) is 1. The molecule has 2 aromatic rings. The van der Waals surface area contributed by atoms with Crippen molar-refractivity contribution < 1.29 is 4.79 Å². The Bertz CT molecular complexity index is 701. The standard InChI is InChI=1S/C18H17BrClNO/c19-16-6-5-13-9-15(10-14(13)11-16)18(22)21-8-7-12-3-1-2-4-17(12)20/h1-6,11,15H,7-10H2,(H,21,22). The normalized spacial score (nSPS) is 16.4. The maximum atomic E-state index is 12.3. The summed E-state index contributed by atoms with van der Waals surface area (Å²) in [6.07, 6.45) is 2.42. The second-order valence-electron chi connectivity index (χ2n) is 5.65. The Balaban J connectivity index is 1.53. The van der Waals surface area contributed by atoms with E-state index in [1.165, 1.54) is 11.1 Å². The zero-order chi connectivity index (χ0) is 15.5. The van der Waals surface area contributed by atoms with Crippen molar-refractivity contribution in [2.24, 2.45) is 5.92 Å². The molecule has 4 heteroatoms. The summed E-state index contributed by atoms with van der Waals surface area (Å²) in [6, 6.07) is 14.0. The van der Waals surface area contributed by atoms with Crippen LogP contribution in [-0.2, 0) is 24.1 Å². The molecule has 0 saturated heterocycles. The zero-order valence-corrected chi connectivity index (χ0v) is 14.5. The molecule has 114 valence electrons. The molecule has 0 bridgehead atoms. The van der Waals surface area contributed by atoms with Crippen LogP contribution in [0.4, 0.5) is 0 Å². The van der Waals surface area contributed by atoms with Crippen LogP contribution >= 0.6 is 27.5 Å². The monoisotopic (exact) mass is 377 g/mol. The van der Waals surface area contributed by atoms with Crippen LogP contribution in [0.1, 0.15) is 16.7 Å². The van der Waals surface area contributed by atoms with Crippen molar-refractivity contribution >= 4 is 33.4 Å². The fourth-order valence-corrected chi connectivity index (χ4v) is 3.58. The number of hydrogen-bond acceptors (Lipinski definition) is 1. The molecule has 2 nitrogen and oxygen atoms in total. The van der Waals surface area contributed by atoms with E-state index < -0.39 is 0 Å². The highest BCUT2D eigenvalue weighted by Gasteiger charge is 2.27. The Labute approximate surface area is 144 Å². The molecule has 0 fully saturated rings. The maximum absolute atomic E-state index is 12.3. The fraction of sp³-hybridized carbons (Fsp3) is 0.278. The molecule has 0 spiro atoms. The maximum Gasteiger partial charge on any atom is 0.223 e. The number of carbonyl (C=O) groups excluding carboxylic acids is 1. The van der Waals surface area contributed by atoms with Gasteiger partial charge in [0.2, 0.25) is 5.91 Å². The number of rotatable bonds is 4. The molecule has 1 atom stereocenters. The summed E-state index contributed by atoms with van der Waals surface area (Å²) >= 11 is 9.61. The van der Waals surface area contributed by atoms with Gasteiger partial charge in [-0.05, 0) is 54.2 Å². The average Bonchev–Trinajstić information content (AvgIpc) is 2.92. The summed E-state index contributed by atoms with van der Waals surface area (Å²) in [4.78, 5) is 12.3. The van der Waals surface area contributed by atoms with Crippen LogP contribution in [-0.4, -0.2) is 12.5 Å². The third-order valence-corrected chi connectivity index (χ3v) is 4.99. The van der Waals surface area contributed by atoms with Gasteiger partial charge in [0.05, 0.1) is 0 Å². The van der Waals surface area contributed by atoms with E-state index in [4.69, 9.17) is 11.6 Å². The van der Waals surface area contributed by atoms with Gasteiger partial charge < -0.3 is 5.32 Å². The van der Waals surface area contributed by atoms with E-state index >= 15 is 0 Å². The minimum Gasteiger partial charge on any atom is -0.356 e. The highest BCUT2D eigenvalue weighted by Crippen LogP contribution is 2.29. The van der Waals surface area contributed by atoms with Gasteiger partial charge in [0.15, 0.2) is 0 Å².